The van der Waals surface area contributed by atoms with Crippen molar-refractivity contribution in [3.63, 3.8) is 0 Å². The molecule has 1 unspecified atom stereocenters. The summed E-state index contributed by atoms with van der Waals surface area (Å²) in [6.07, 6.45) is 4.28. The van der Waals surface area contributed by atoms with E-state index >= 15 is 0 Å². The third-order valence-electron chi connectivity index (χ3n) is 6.08. The van der Waals surface area contributed by atoms with Crippen molar-refractivity contribution in [1.29, 1.82) is 0 Å². The minimum Gasteiger partial charge on any atom is -0.489 e. The van der Waals surface area contributed by atoms with Crippen molar-refractivity contribution < 1.29 is 14.3 Å². The molecule has 2 aromatic heterocycles. The van der Waals surface area contributed by atoms with Crippen molar-refractivity contribution in [3.05, 3.63) is 87.1 Å². The number of hydrogen-bond acceptors (Lipinski definition) is 5. The Morgan fingerprint density at radius 3 is 2.53 bits per heavy atom. The van der Waals surface area contributed by atoms with E-state index in [0.717, 1.165) is 26.9 Å². The van der Waals surface area contributed by atoms with E-state index in [4.69, 9.17) is 32.8 Å². The predicted octanol–water partition coefficient (Wildman–Crippen LogP) is 4.70. The van der Waals surface area contributed by atoms with Crippen LogP contribution in [-0.4, -0.2) is 40.4 Å². The van der Waals surface area contributed by atoms with Crippen molar-refractivity contribution in [2.75, 3.05) is 13.1 Å². The summed E-state index contributed by atoms with van der Waals surface area (Å²) in [7, 11) is 0. The Hall–Kier alpha value is -3.40. The van der Waals surface area contributed by atoms with E-state index in [0.29, 0.717) is 22.8 Å². The molecule has 2 amide bonds. The van der Waals surface area contributed by atoms with Crippen molar-refractivity contribution in [2.24, 2.45) is 11.5 Å². The van der Waals surface area contributed by atoms with E-state index in [1.807, 2.05) is 67.0 Å². The molecule has 1 atom stereocenters. The van der Waals surface area contributed by atoms with E-state index in [9.17, 15) is 9.59 Å². The number of amides is 2. The number of nitrogens with zero attached hydrogens (tertiary/aromatic N) is 2. The van der Waals surface area contributed by atoms with Gasteiger partial charge in [-0.2, -0.15) is 0 Å². The first-order valence-corrected chi connectivity index (χ1v) is 13.3. The van der Waals surface area contributed by atoms with Gasteiger partial charge in [0.2, 0.25) is 11.8 Å². The molecule has 198 valence electrons. The van der Waals surface area contributed by atoms with Crippen molar-refractivity contribution >= 4 is 45.0 Å². The molecule has 0 aliphatic heterocycles. The van der Waals surface area contributed by atoms with Crippen molar-refractivity contribution in [3.8, 4) is 17.0 Å². The fraction of sp³-hybridized carbons (Fsp3) is 0.250. The van der Waals surface area contributed by atoms with Gasteiger partial charge in [-0.25, -0.2) is 4.98 Å². The van der Waals surface area contributed by atoms with Gasteiger partial charge in [0.15, 0.2) is 5.65 Å². The third kappa shape index (κ3) is 6.18. The first-order valence-electron chi connectivity index (χ1n) is 12.2. The fourth-order valence-corrected chi connectivity index (χ4v) is 5.14. The molecule has 5 N–H and O–H groups in total. The third-order valence-corrected chi connectivity index (χ3v) is 7.09. The molecule has 0 aliphatic carbocycles. The number of aromatic nitrogens is 2. The zero-order valence-electron chi connectivity index (χ0n) is 21.1. The van der Waals surface area contributed by atoms with Crippen LogP contribution in [0.25, 0.3) is 16.9 Å². The van der Waals surface area contributed by atoms with Crippen LogP contribution in [0.4, 0.5) is 0 Å². The van der Waals surface area contributed by atoms with Gasteiger partial charge in [-0.15, -0.1) is 0 Å². The maximum atomic E-state index is 12.4. The molecule has 4 rings (SSSR count). The summed E-state index contributed by atoms with van der Waals surface area (Å²) in [5, 5.41) is 3.13. The number of pyridine rings is 1. The first kappa shape index (κ1) is 27.6. The lowest BCUT2D eigenvalue weighted by Gasteiger charge is -2.24. The SMILES string of the molecule is CC(C)Oc1ccc(C(N)=O)c(C(CNC(=O)CN)Cc2ccc(-c3cn4cccc(Br)c4n3)cc2)c1Cl. The fourth-order valence-electron chi connectivity index (χ4n) is 4.33. The van der Waals surface area contributed by atoms with Crippen LogP contribution >= 0.6 is 27.5 Å². The van der Waals surface area contributed by atoms with Crippen molar-refractivity contribution in [1.82, 2.24) is 14.7 Å². The molecule has 0 saturated carbocycles. The Bertz CT molecular complexity index is 1470. The number of halogens is 2. The maximum Gasteiger partial charge on any atom is 0.249 e. The number of carbonyl (C=O) groups is 2. The topological polar surface area (TPSA) is 125 Å². The molecular weight excluding hydrogens is 570 g/mol. The molecule has 8 nitrogen and oxygen atoms in total. The van der Waals surface area contributed by atoms with Crippen molar-refractivity contribution in [2.45, 2.75) is 32.3 Å². The summed E-state index contributed by atoms with van der Waals surface area (Å²) in [5.74, 6) is -0.838. The molecule has 0 fully saturated rings. The van der Waals surface area contributed by atoms with Gasteiger partial charge in [0.1, 0.15) is 5.75 Å². The lowest BCUT2D eigenvalue weighted by atomic mass is 9.87. The van der Waals surface area contributed by atoms with Crippen LogP contribution in [-0.2, 0) is 11.2 Å². The average molecular weight is 599 g/mol. The monoisotopic (exact) mass is 597 g/mol. The molecule has 2 heterocycles. The smallest absolute Gasteiger partial charge is 0.249 e. The van der Waals surface area contributed by atoms with Crippen LogP contribution in [0.3, 0.4) is 0 Å². The largest absolute Gasteiger partial charge is 0.489 e. The summed E-state index contributed by atoms with van der Waals surface area (Å²) in [4.78, 5) is 29.1. The highest BCUT2D eigenvalue weighted by Gasteiger charge is 2.25. The van der Waals surface area contributed by atoms with Gasteiger partial charge in [-0.1, -0.05) is 35.9 Å². The second-order valence-corrected chi connectivity index (χ2v) is 10.4. The standard InChI is InChI=1S/C28H29BrClN5O3/c1-16(2)38-23-10-9-20(27(32)37)25(26(23)30)19(14-33-24(36)13-31)12-17-5-7-18(8-6-17)22-15-35-11-3-4-21(29)28(35)34-22/h3-11,15-16,19H,12-14,31H2,1-2H3,(H2,32,37)(H,33,36). The van der Waals surface area contributed by atoms with Gasteiger partial charge >= 0.3 is 0 Å². The van der Waals surface area contributed by atoms with Crippen LogP contribution in [0, 0.1) is 0 Å². The van der Waals surface area contributed by atoms with Crippen LogP contribution in [0.2, 0.25) is 5.02 Å². The Labute approximate surface area is 234 Å². The number of rotatable bonds is 10. The molecule has 38 heavy (non-hydrogen) atoms. The summed E-state index contributed by atoms with van der Waals surface area (Å²) in [6, 6.07) is 15.1. The number of imidazole rings is 1. The number of carbonyl (C=O) groups excluding carboxylic acids is 2. The molecule has 4 aromatic rings. The van der Waals surface area contributed by atoms with Gasteiger partial charge in [0, 0.05) is 36.0 Å². The van der Waals surface area contributed by atoms with E-state index in [1.165, 1.54) is 0 Å². The van der Waals surface area contributed by atoms with Gasteiger partial charge in [0.25, 0.3) is 0 Å². The quantitative estimate of drug-likeness (QED) is 0.244. The van der Waals surface area contributed by atoms with E-state index < -0.39 is 5.91 Å². The highest BCUT2D eigenvalue weighted by atomic mass is 79.9. The predicted molar refractivity (Wildman–Crippen MR) is 153 cm³/mol. The van der Waals surface area contributed by atoms with Gasteiger partial charge in [0.05, 0.1) is 27.8 Å². The zero-order chi connectivity index (χ0) is 27.4. The minimum atomic E-state index is -0.610. The van der Waals surface area contributed by atoms with E-state index in [1.54, 1.807) is 12.1 Å². The molecule has 0 radical (unpaired) electrons. The molecule has 0 spiro atoms. The number of nitrogens with two attached hydrogens (primary N) is 2. The number of primary amides is 1. The van der Waals surface area contributed by atoms with Crippen LogP contribution in [0.15, 0.2) is 65.4 Å². The zero-order valence-corrected chi connectivity index (χ0v) is 23.4. The number of hydrogen-bond donors (Lipinski definition) is 3. The Morgan fingerprint density at radius 1 is 1.16 bits per heavy atom. The van der Waals surface area contributed by atoms with Gasteiger partial charge in [-0.3, -0.25) is 9.59 Å². The Balaban J connectivity index is 1.68. The summed E-state index contributed by atoms with van der Waals surface area (Å²) in [5.41, 5.74) is 15.6. The average Bonchev–Trinajstić information content (AvgIpc) is 3.33. The van der Waals surface area contributed by atoms with Gasteiger partial charge in [-0.05, 0) is 71.6 Å². The van der Waals surface area contributed by atoms with Crippen LogP contribution < -0.4 is 21.5 Å². The molecule has 10 heteroatoms. The molecule has 0 bridgehead atoms. The summed E-state index contributed by atoms with van der Waals surface area (Å²) >= 11 is 10.3. The molecular formula is C28H29BrClN5O3. The Kier molecular flexibility index (Phi) is 8.71. The second kappa shape index (κ2) is 12.0. The van der Waals surface area contributed by atoms with E-state index in [2.05, 4.69) is 21.2 Å². The Morgan fingerprint density at radius 2 is 1.89 bits per heavy atom. The second-order valence-electron chi connectivity index (χ2n) is 9.19. The summed E-state index contributed by atoms with van der Waals surface area (Å²) in [6.45, 7) is 3.84. The molecule has 0 saturated heterocycles. The van der Waals surface area contributed by atoms with E-state index in [-0.39, 0.29) is 36.6 Å². The molecule has 0 aliphatic rings. The first-order chi connectivity index (χ1) is 18.2. The lowest BCUT2D eigenvalue weighted by molar-refractivity contribution is -0.119. The molecule has 2 aromatic carbocycles. The maximum absolute atomic E-state index is 12.4. The van der Waals surface area contributed by atoms with Crippen LogP contribution in [0.5, 0.6) is 5.75 Å². The lowest BCUT2D eigenvalue weighted by Crippen LogP contribution is -2.34. The van der Waals surface area contributed by atoms with Gasteiger partial charge < -0.3 is 25.9 Å². The highest BCUT2D eigenvalue weighted by molar-refractivity contribution is 9.10. The number of nitrogens with one attached hydrogen (secondary N) is 1. The number of ether oxygens (including phenoxy) is 1. The number of fused-ring (bicyclic) bond motifs is 1. The number of benzene rings is 2. The summed E-state index contributed by atoms with van der Waals surface area (Å²) < 4.78 is 8.74. The van der Waals surface area contributed by atoms with Crippen LogP contribution in [0.1, 0.15) is 41.3 Å². The highest BCUT2D eigenvalue weighted by Crippen LogP contribution is 2.38. The minimum absolute atomic E-state index is 0.122. The normalized spacial score (nSPS) is 12.1.